The van der Waals surface area contributed by atoms with Crippen LogP contribution in [0.5, 0.6) is 0 Å². The maximum absolute atomic E-state index is 13.2. The maximum atomic E-state index is 13.2. The van der Waals surface area contributed by atoms with E-state index in [1.54, 1.807) is 25.2 Å². The monoisotopic (exact) mass is 634 g/mol. The highest BCUT2D eigenvalue weighted by Crippen LogP contribution is 2.25. The molecule has 1 aliphatic rings. The number of benzene rings is 2. The number of ether oxygens (including phenoxy) is 1. The van der Waals surface area contributed by atoms with Crippen molar-refractivity contribution in [1.29, 1.82) is 0 Å². The van der Waals surface area contributed by atoms with E-state index in [4.69, 9.17) is 4.74 Å². The Morgan fingerprint density at radius 3 is 2.56 bits per heavy atom. The van der Waals surface area contributed by atoms with Crippen LogP contribution in [0.2, 0.25) is 0 Å². The summed E-state index contributed by atoms with van der Waals surface area (Å²) in [6.07, 6.45) is 3.00. The van der Waals surface area contributed by atoms with Crippen LogP contribution in [-0.4, -0.2) is 60.9 Å². The zero-order valence-electron chi connectivity index (χ0n) is 19.6. The molecule has 1 aromatic heterocycles. The van der Waals surface area contributed by atoms with Gasteiger partial charge in [0.05, 0.1) is 28.3 Å². The van der Waals surface area contributed by atoms with Crippen LogP contribution in [0.3, 0.4) is 0 Å². The molecule has 4 rings (SSSR count). The zero-order chi connectivity index (χ0) is 26.0. The molecule has 0 aliphatic carbocycles. The van der Waals surface area contributed by atoms with Gasteiger partial charge in [-0.25, -0.2) is 18.2 Å². The third-order valence-electron chi connectivity index (χ3n) is 6.04. The summed E-state index contributed by atoms with van der Waals surface area (Å²) in [4.78, 5) is 32.2. The fourth-order valence-electron chi connectivity index (χ4n) is 4.09. The van der Waals surface area contributed by atoms with Gasteiger partial charge >= 0.3 is 5.97 Å². The number of hydrogen-bond donors (Lipinski definition) is 0. The van der Waals surface area contributed by atoms with Gasteiger partial charge in [-0.2, -0.15) is 0 Å². The summed E-state index contributed by atoms with van der Waals surface area (Å²) in [7, 11) is -1.61. The number of likely N-dealkylation sites (N-methyl/N-ethyl adjacent to an activating group) is 1. The third-order valence-corrected chi connectivity index (χ3v) is 8.78. The number of halogens is 2. The zero-order valence-corrected chi connectivity index (χ0v) is 23.6. The number of nitrogens with zero attached hydrogens (tertiary/aromatic N) is 2. The maximum Gasteiger partial charge on any atom is 0.339 e. The van der Waals surface area contributed by atoms with Crippen molar-refractivity contribution in [3.63, 3.8) is 0 Å². The average Bonchev–Trinajstić information content (AvgIpc) is 3.20. The molecule has 1 aliphatic heterocycles. The highest BCUT2D eigenvalue weighted by atomic mass is 79.9. The highest BCUT2D eigenvalue weighted by molar-refractivity contribution is 9.10. The minimum Gasteiger partial charge on any atom is -0.449 e. The van der Waals surface area contributed by atoms with Gasteiger partial charge in [-0.05, 0) is 61.4 Å². The van der Waals surface area contributed by atoms with E-state index in [9.17, 15) is 18.0 Å². The molecule has 3 aromatic rings. The Kier molecular flexibility index (Phi) is 7.96. The molecule has 0 saturated carbocycles. The SMILES string of the molecule is CC(OC(=O)c1cc(/C=C/c2cccc(Br)c2)nc2ccc(Br)cc12)C(=O)N(C)C1CCS(=O)(=O)C1. The van der Waals surface area contributed by atoms with Crippen LogP contribution in [0.1, 0.15) is 35.0 Å². The van der Waals surface area contributed by atoms with Gasteiger partial charge in [0, 0.05) is 27.4 Å². The van der Waals surface area contributed by atoms with Gasteiger partial charge in [0.25, 0.3) is 5.91 Å². The second-order valence-corrected chi connectivity index (χ2v) is 12.8. The fraction of sp³-hybridized carbons (Fsp3) is 0.269. The molecular weight excluding hydrogens is 612 g/mol. The molecule has 0 bridgehead atoms. The molecular formula is C26H24Br2N2O5S. The van der Waals surface area contributed by atoms with E-state index in [1.165, 1.54) is 11.8 Å². The molecule has 188 valence electrons. The average molecular weight is 636 g/mol. The number of amides is 1. The molecule has 1 fully saturated rings. The van der Waals surface area contributed by atoms with Crippen LogP contribution >= 0.6 is 31.9 Å². The van der Waals surface area contributed by atoms with Gasteiger partial charge in [0.15, 0.2) is 15.9 Å². The first-order valence-corrected chi connectivity index (χ1v) is 14.7. The van der Waals surface area contributed by atoms with Crippen molar-refractivity contribution < 1.29 is 22.7 Å². The van der Waals surface area contributed by atoms with Crippen LogP contribution in [0.15, 0.2) is 57.5 Å². The summed E-state index contributed by atoms with van der Waals surface area (Å²) < 4.78 is 30.9. The number of rotatable bonds is 6. The number of carbonyl (C=O) groups is 2. The van der Waals surface area contributed by atoms with Crippen LogP contribution in [-0.2, 0) is 19.4 Å². The number of carbonyl (C=O) groups excluding carboxylic acids is 2. The number of sulfone groups is 1. The quantitative estimate of drug-likeness (QED) is 0.349. The first kappa shape index (κ1) is 26.5. The normalized spacial score (nSPS) is 17.8. The highest BCUT2D eigenvalue weighted by Gasteiger charge is 2.35. The Bertz CT molecular complexity index is 1470. The van der Waals surface area contributed by atoms with Gasteiger partial charge in [-0.3, -0.25) is 4.79 Å². The first-order chi connectivity index (χ1) is 17.0. The lowest BCUT2D eigenvalue weighted by atomic mass is 10.1. The Morgan fingerprint density at radius 2 is 1.86 bits per heavy atom. The Labute approximate surface area is 226 Å². The van der Waals surface area contributed by atoms with Crippen molar-refractivity contribution in [2.75, 3.05) is 18.6 Å². The number of hydrogen-bond acceptors (Lipinski definition) is 6. The van der Waals surface area contributed by atoms with Crippen molar-refractivity contribution in [3.8, 4) is 0 Å². The van der Waals surface area contributed by atoms with Crippen LogP contribution in [0.4, 0.5) is 0 Å². The summed E-state index contributed by atoms with van der Waals surface area (Å²) in [5, 5.41) is 0.587. The van der Waals surface area contributed by atoms with Crippen LogP contribution in [0.25, 0.3) is 23.1 Å². The van der Waals surface area contributed by atoms with Crippen molar-refractivity contribution in [3.05, 3.63) is 74.3 Å². The fourth-order valence-corrected chi connectivity index (χ4v) is 6.64. The number of aromatic nitrogens is 1. The summed E-state index contributed by atoms with van der Waals surface area (Å²) in [5.74, 6) is -1.13. The molecule has 2 heterocycles. The van der Waals surface area contributed by atoms with E-state index in [-0.39, 0.29) is 17.1 Å². The largest absolute Gasteiger partial charge is 0.449 e. The van der Waals surface area contributed by atoms with E-state index < -0.39 is 33.9 Å². The molecule has 0 radical (unpaired) electrons. The van der Waals surface area contributed by atoms with Gasteiger partial charge in [0.1, 0.15) is 0 Å². The van der Waals surface area contributed by atoms with E-state index >= 15 is 0 Å². The minimum absolute atomic E-state index is 0.0531. The van der Waals surface area contributed by atoms with Crippen molar-refractivity contribution >= 4 is 76.6 Å². The molecule has 2 aromatic carbocycles. The molecule has 10 heteroatoms. The smallest absolute Gasteiger partial charge is 0.339 e. The molecule has 0 spiro atoms. The van der Waals surface area contributed by atoms with Crippen LogP contribution < -0.4 is 0 Å². The predicted octanol–water partition coefficient (Wildman–Crippen LogP) is 5.12. The van der Waals surface area contributed by atoms with Crippen molar-refractivity contribution in [2.24, 2.45) is 0 Å². The summed E-state index contributed by atoms with van der Waals surface area (Å²) in [6.45, 7) is 1.49. The Morgan fingerprint density at radius 1 is 1.11 bits per heavy atom. The molecule has 7 nitrogen and oxygen atoms in total. The second kappa shape index (κ2) is 10.8. The lowest BCUT2D eigenvalue weighted by molar-refractivity contribution is -0.140. The third kappa shape index (κ3) is 6.22. The lowest BCUT2D eigenvalue weighted by Gasteiger charge is -2.26. The van der Waals surface area contributed by atoms with E-state index in [0.717, 1.165) is 14.5 Å². The molecule has 2 atom stereocenters. The van der Waals surface area contributed by atoms with E-state index in [1.807, 2.05) is 42.5 Å². The molecule has 1 saturated heterocycles. The van der Waals surface area contributed by atoms with Gasteiger partial charge in [-0.1, -0.05) is 50.1 Å². The second-order valence-electron chi connectivity index (χ2n) is 8.70. The molecule has 2 unspecified atom stereocenters. The first-order valence-electron chi connectivity index (χ1n) is 11.2. The molecule has 0 N–H and O–H groups in total. The van der Waals surface area contributed by atoms with Gasteiger partial charge < -0.3 is 9.64 Å². The van der Waals surface area contributed by atoms with Crippen molar-refractivity contribution in [1.82, 2.24) is 9.88 Å². The van der Waals surface area contributed by atoms with E-state index in [0.29, 0.717) is 23.0 Å². The van der Waals surface area contributed by atoms with Crippen LogP contribution in [0, 0.1) is 0 Å². The topological polar surface area (TPSA) is 93.6 Å². The van der Waals surface area contributed by atoms with Crippen molar-refractivity contribution in [2.45, 2.75) is 25.5 Å². The van der Waals surface area contributed by atoms with Gasteiger partial charge in [-0.15, -0.1) is 0 Å². The Balaban J connectivity index is 1.59. The molecule has 1 amide bonds. The summed E-state index contributed by atoms with van der Waals surface area (Å²) in [6, 6.07) is 14.4. The molecule has 36 heavy (non-hydrogen) atoms. The number of pyridine rings is 1. The number of esters is 1. The lowest BCUT2D eigenvalue weighted by Crippen LogP contribution is -2.44. The number of fused-ring (bicyclic) bond motifs is 1. The summed E-state index contributed by atoms with van der Waals surface area (Å²) in [5.41, 5.74) is 2.40. The van der Waals surface area contributed by atoms with Gasteiger partial charge in [0.2, 0.25) is 0 Å². The standard InChI is InChI=1S/C26H24Br2N2O5S/c1-16(25(31)30(2)21-10-11-36(33,34)15-21)35-26(32)23-14-20(8-6-17-4-3-5-18(27)12-17)29-24-9-7-19(28)13-22(23)24/h3-9,12-14,16,21H,10-11,15H2,1-2H3/b8-6+. The van der Waals surface area contributed by atoms with E-state index in [2.05, 4.69) is 36.8 Å². The Hall–Kier alpha value is -2.56. The summed E-state index contributed by atoms with van der Waals surface area (Å²) >= 11 is 6.89. The minimum atomic E-state index is -3.15. The predicted molar refractivity (Wildman–Crippen MR) is 147 cm³/mol.